The van der Waals surface area contributed by atoms with E-state index in [0.29, 0.717) is 28.2 Å². The summed E-state index contributed by atoms with van der Waals surface area (Å²) in [4.78, 5) is 6.36. The Morgan fingerprint density at radius 2 is 2.11 bits per heavy atom. The quantitative estimate of drug-likeness (QED) is 0.642. The van der Waals surface area contributed by atoms with Crippen molar-refractivity contribution in [3.05, 3.63) is 28.3 Å². The summed E-state index contributed by atoms with van der Waals surface area (Å²) in [6.07, 6.45) is 1.72. The van der Waals surface area contributed by atoms with Gasteiger partial charge in [-0.1, -0.05) is 23.2 Å². The number of halogens is 2. The van der Waals surface area contributed by atoms with Crippen LogP contribution in [0.2, 0.25) is 10.0 Å². The Morgan fingerprint density at radius 1 is 1.26 bits per heavy atom. The highest BCUT2D eigenvalue weighted by Gasteiger charge is 2.21. The third-order valence-corrected chi connectivity index (χ3v) is 3.55. The second-order valence-corrected chi connectivity index (χ2v) is 4.95. The Morgan fingerprint density at radius 3 is 2.89 bits per heavy atom. The van der Waals surface area contributed by atoms with Crippen molar-refractivity contribution in [2.75, 3.05) is 16.9 Å². The van der Waals surface area contributed by atoms with E-state index in [1.807, 2.05) is 9.47 Å². The molecule has 0 radical (unpaired) electrons. The van der Waals surface area contributed by atoms with Gasteiger partial charge in [0.25, 0.3) is 0 Å². The fourth-order valence-corrected chi connectivity index (χ4v) is 2.56. The highest BCUT2D eigenvalue weighted by Crippen LogP contribution is 2.32. The number of rotatable bonds is 2. The summed E-state index contributed by atoms with van der Waals surface area (Å²) < 4.78 is 2.00. The summed E-state index contributed by atoms with van der Waals surface area (Å²) in [5.41, 5.74) is 2.45. The zero-order chi connectivity index (χ0) is 13.4. The molecule has 0 aromatic carbocycles. The lowest BCUT2D eigenvalue weighted by Crippen LogP contribution is -2.34. The van der Waals surface area contributed by atoms with Crippen LogP contribution in [0.5, 0.6) is 0 Å². The van der Waals surface area contributed by atoms with Crippen molar-refractivity contribution in [1.29, 1.82) is 0 Å². The molecule has 7 nitrogen and oxygen atoms in total. The molecule has 0 spiro atoms. The highest BCUT2D eigenvalue weighted by atomic mass is 35.5. The molecule has 2 aromatic rings. The van der Waals surface area contributed by atoms with E-state index in [1.165, 1.54) is 0 Å². The van der Waals surface area contributed by atoms with E-state index in [-0.39, 0.29) is 0 Å². The molecule has 1 aliphatic rings. The summed E-state index contributed by atoms with van der Waals surface area (Å²) in [5, 5.41) is 8.81. The number of aromatic nitrogens is 4. The van der Waals surface area contributed by atoms with Crippen molar-refractivity contribution in [3.63, 3.8) is 0 Å². The minimum Gasteiger partial charge on any atom is -0.346 e. The van der Waals surface area contributed by atoms with Crippen molar-refractivity contribution in [3.8, 4) is 0 Å². The molecule has 0 saturated heterocycles. The third kappa shape index (κ3) is 2.20. The van der Waals surface area contributed by atoms with E-state index in [9.17, 15) is 0 Å². The molecule has 0 atom stereocenters. The molecule has 0 amide bonds. The van der Waals surface area contributed by atoms with Crippen LogP contribution in [-0.2, 0) is 13.1 Å². The topological polar surface area (TPSA) is 84.9 Å². The van der Waals surface area contributed by atoms with E-state index < -0.39 is 0 Å². The smallest absolute Gasteiger partial charge is 0.161 e. The predicted octanol–water partition coefficient (Wildman–Crippen LogP) is 1.29. The van der Waals surface area contributed by atoms with E-state index in [2.05, 4.69) is 20.6 Å². The first-order chi connectivity index (χ1) is 9.19. The first kappa shape index (κ1) is 12.5. The maximum Gasteiger partial charge on any atom is 0.161 e. The van der Waals surface area contributed by atoms with E-state index in [1.54, 1.807) is 12.4 Å². The number of nitrogen functional groups attached to an aromatic ring is 1. The molecule has 0 bridgehead atoms. The molecule has 1 aliphatic heterocycles. The SMILES string of the molecule is NNc1nc(N2CCn3cnnc3C2)c(Cl)cc1Cl. The second-order valence-electron chi connectivity index (χ2n) is 4.13. The van der Waals surface area contributed by atoms with Crippen molar-refractivity contribution < 1.29 is 0 Å². The van der Waals surface area contributed by atoms with E-state index in [0.717, 1.165) is 18.9 Å². The van der Waals surface area contributed by atoms with Crippen LogP contribution in [0.4, 0.5) is 11.6 Å². The van der Waals surface area contributed by atoms with Gasteiger partial charge in [0.2, 0.25) is 0 Å². The number of fused-ring (bicyclic) bond motifs is 1. The molecule has 2 aromatic heterocycles. The van der Waals surface area contributed by atoms with Crippen molar-refractivity contribution >= 4 is 34.8 Å². The number of hydrazine groups is 1. The molecule has 0 saturated carbocycles. The molecule has 100 valence electrons. The number of anilines is 2. The highest BCUT2D eigenvalue weighted by molar-refractivity contribution is 6.37. The van der Waals surface area contributed by atoms with Gasteiger partial charge in [0.15, 0.2) is 11.6 Å². The first-order valence-corrected chi connectivity index (χ1v) is 6.39. The van der Waals surface area contributed by atoms with Crippen LogP contribution in [0.25, 0.3) is 0 Å². The maximum absolute atomic E-state index is 6.19. The molecule has 0 aliphatic carbocycles. The van der Waals surface area contributed by atoms with Crippen LogP contribution >= 0.6 is 23.2 Å². The molecule has 3 rings (SSSR count). The largest absolute Gasteiger partial charge is 0.346 e. The minimum atomic E-state index is 0.386. The molecular weight excluding hydrogens is 289 g/mol. The number of nitrogens with zero attached hydrogens (tertiary/aromatic N) is 5. The van der Waals surface area contributed by atoms with Gasteiger partial charge in [-0.2, -0.15) is 0 Å². The molecular formula is C10H11Cl2N7. The lowest BCUT2D eigenvalue weighted by atomic mass is 10.3. The van der Waals surface area contributed by atoms with Gasteiger partial charge < -0.3 is 14.9 Å². The summed E-state index contributed by atoms with van der Waals surface area (Å²) in [5.74, 6) is 7.28. The number of pyridine rings is 1. The lowest BCUT2D eigenvalue weighted by Gasteiger charge is -2.29. The zero-order valence-corrected chi connectivity index (χ0v) is 11.4. The van der Waals surface area contributed by atoms with Gasteiger partial charge >= 0.3 is 0 Å². The zero-order valence-electron chi connectivity index (χ0n) is 9.85. The van der Waals surface area contributed by atoms with Gasteiger partial charge in [0, 0.05) is 13.1 Å². The Labute approximate surface area is 119 Å². The minimum absolute atomic E-state index is 0.386. The molecule has 0 unspecified atom stereocenters. The number of nitrogens with two attached hydrogens (primary N) is 1. The van der Waals surface area contributed by atoms with Crippen LogP contribution < -0.4 is 16.2 Å². The van der Waals surface area contributed by atoms with Gasteiger partial charge in [-0.25, -0.2) is 10.8 Å². The average Bonchev–Trinajstić information content (AvgIpc) is 2.86. The van der Waals surface area contributed by atoms with E-state index >= 15 is 0 Å². The van der Waals surface area contributed by atoms with Crippen molar-refractivity contribution in [2.45, 2.75) is 13.1 Å². The van der Waals surface area contributed by atoms with E-state index in [4.69, 9.17) is 29.0 Å². The van der Waals surface area contributed by atoms with Crippen LogP contribution in [0.1, 0.15) is 5.82 Å². The van der Waals surface area contributed by atoms with Crippen LogP contribution in [0.15, 0.2) is 12.4 Å². The first-order valence-electron chi connectivity index (χ1n) is 5.63. The number of hydrogen-bond acceptors (Lipinski definition) is 6. The van der Waals surface area contributed by atoms with Gasteiger partial charge in [0.05, 0.1) is 16.6 Å². The Balaban J connectivity index is 1.95. The molecule has 3 N–H and O–H groups in total. The van der Waals surface area contributed by atoms with Crippen LogP contribution in [0.3, 0.4) is 0 Å². The Hall–Kier alpha value is -1.57. The molecule has 19 heavy (non-hydrogen) atoms. The van der Waals surface area contributed by atoms with Gasteiger partial charge in [-0.15, -0.1) is 10.2 Å². The van der Waals surface area contributed by atoms with Gasteiger partial charge in [-0.05, 0) is 6.07 Å². The standard InChI is InChI=1S/C10H11Cl2N7/c11-6-3-7(12)10(15-9(6)16-13)18-1-2-19-5-14-17-8(19)4-18/h3,5H,1-2,4,13H2,(H,15,16). The second kappa shape index (κ2) is 4.84. The van der Waals surface area contributed by atoms with Gasteiger partial charge in [-0.3, -0.25) is 0 Å². The van der Waals surface area contributed by atoms with Crippen molar-refractivity contribution in [2.24, 2.45) is 5.84 Å². The van der Waals surface area contributed by atoms with Gasteiger partial charge in [0.1, 0.15) is 12.1 Å². The molecule has 3 heterocycles. The molecule has 0 fully saturated rings. The summed E-state index contributed by atoms with van der Waals surface area (Å²) in [7, 11) is 0. The monoisotopic (exact) mass is 299 g/mol. The average molecular weight is 300 g/mol. The Kier molecular flexibility index (Phi) is 3.17. The Bertz CT molecular complexity index is 612. The lowest BCUT2D eigenvalue weighted by molar-refractivity contribution is 0.556. The maximum atomic E-state index is 6.19. The van der Waals surface area contributed by atoms with Crippen molar-refractivity contribution in [1.82, 2.24) is 19.7 Å². The fraction of sp³-hybridized carbons (Fsp3) is 0.300. The van der Waals surface area contributed by atoms with Crippen LogP contribution in [0, 0.1) is 0 Å². The third-order valence-electron chi connectivity index (χ3n) is 2.99. The fourth-order valence-electron chi connectivity index (χ4n) is 2.03. The predicted molar refractivity (Wildman–Crippen MR) is 73.1 cm³/mol. The molecule has 9 heteroatoms. The summed E-state index contributed by atoms with van der Waals surface area (Å²) in [6.45, 7) is 2.15. The number of hydrogen-bond donors (Lipinski definition) is 2. The summed E-state index contributed by atoms with van der Waals surface area (Å²) in [6, 6.07) is 1.62. The summed E-state index contributed by atoms with van der Waals surface area (Å²) >= 11 is 12.2. The normalized spacial score (nSPS) is 14.4. The van der Waals surface area contributed by atoms with Crippen LogP contribution in [-0.4, -0.2) is 26.3 Å². The number of nitrogens with one attached hydrogen (secondary N) is 1.